The van der Waals surface area contributed by atoms with E-state index in [0.717, 1.165) is 39.9 Å². The maximum atomic E-state index is 13.7. The van der Waals surface area contributed by atoms with Crippen LogP contribution in [0.15, 0.2) is 36.4 Å². The Kier molecular flexibility index (Phi) is 3.03. The molecule has 26 heavy (non-hydrogen) atoms. The van der Waals surface area contributed by atoms with Crippen LogP contribution in [0.1, 0.15) is 29.3 Å². The summed E-state index contributed by atoms with van der Waals surface area (Å²) in [7, 11) is 1.65. The van der Waals surface area contributed by atoms with Crippen molar-refractivity contribution in [1.82, 2.24) is 9.88 Å². The number of carbonyl (C=O) groups excluding carboxylic acids is 1. The zero-order chi connectivity index (χ0) is 18.1. The molecular formula is C21H19FN2O2. The lowest BCUT2D eigenvalue weighted by atomic mass is 9.75. The summed E-state index contributed by atoms with van der Waals surface area (Å²) >= 11 is 0. The summed E-state index contributed by atoms with van der Waals surface area (Å²) in [5.74, 6) is 0.633. The first-order valence-electron chi connectivity index (χ1n) is 8.81. The van der Waals surface area contributed by atoms with Gasteiger partial charge in [-0.05, 0) is 60.4 Å². The van der Waals surface area contributed by atoms with Crippen LogP contribution in [0.5, 0.6) is 5.75 Å². The van der Waals surface area contributed by atoms with Crippen molar-refractivity contribution in [2.45, 2.75) is 25.3 Å². The molecule has 1 N–H and O–H groups in total. The van der Waals surface area contributed by atoms with Crippen molar-refractivity contribution in [3.8, 4) is 5.75 Å². The zero-order valence-electron chi connectivity index (χ0n) is 14.7. The lowest BCUT2D eigenvalue weighted by Gasteiger charge is -2.48. The summed E-state index contributed by atoms with van der Waals surface area (Å²) in [6.45, 7) is 2.73. The van der Waals surface area contributed by atoms with E-state index in [1.807, 2.05) is 29.2 Å². The Morgan fingerprint density at radius 2 is 2.08 bits per heavy atom. The first-order valence-corrected chi connectivity index (χ1v) is 8.81. The number of fused-ring (bicyclic) bond motifs is 7. The van der Waals surface area contributed by atoms with Gasteiger partial charge in [0.2, 0.25) is 5.91 Å². The smallest absolute Gasteiger partial charge is 0.228 e. The SMILES string of the molecule is COc1ccc2c(c1)C1(C)c3[nH]c4cc(F)ccc4c3CCN1C(=O)C2. The van der Waals surface area contributed by atoms with Gasteiger partial charge >= 0.3 is 0 Å². The van der Waals surface area contributed by atoms with Crippen molar-refractivity contribution >= 4 is 16.8 Å². The first-order chi connectivity index (χ1) is 12.5. The summed E-state index contributed by atoms with van der Waals surface area (Å²) in [6, 6.07) is 10.7. The molecule has 1 amide bonds. The normalized spacial score (nSPS) is 21.3. The molecule has 4 nitrogen and oxygen atoms in total. The fourth-order valence-electron chi connectivity index (χ4n) is 4.69. The minimum absolute atomic E-state index is 0.126. The number of aromatic amines is 1. The number of rotatable bonds is 1. The molecule has 0 saturated carbocycles. The van der Waals surface area contributed by atoms with E-state index in [1.54, 1.807) is 7.11 Å². The number of hydrogen-bond donors (Lipinski definition) is 1. The van der Waals surface area contributed by atoms with Crippen molar-refractivity contribution < 1.29 is 13.9 Å². The van der Waals surface area contributed by atoms with Crippen LogP contribution in [0, 0.1) is 5.82 Å². The Morgan fingerprint density at radius 3 is 2.88 bits per heavy atom. The third-order valence-electron chi connectivity index (χ3n) is 5.96. The highest BCUT2D eigenvalue weighted by Crippen LogP contribution is 2.47. The molecule has 0 saturated heterocycles. The Balaban J connectivity index is 1.83. The summed E-state index contributed by atoms with van der Waals surface area (Å²) in [6.07, 6.45) is 1.17. The first kappa shape index (κ1) is 15.4. The van der Waals surface area contributed by atoms with E-state index in [9.17, 15) is 9.18 Å². The topological polar surface area (TPSA) is 45.3 Å². The van der Waals surface area contributed by atoms with Gasteiger partial charge < -0.3 is 14.6 Å². The predicted molar refractivity (Wildman–Crippen MR) is 96.8 cm³/mol. The Bertz CT molecular complexity index is 1070. The van der Waals surface area contributed by atoms with Gasteiger partial charge in [0.05, 0.1) is 13.5 Å². The number of methoxy groups -OCH3 is 1. The van der Waals surface area contributed by atoms with Crippen LogP contribution in [-0.2, 0) is 23.2 Å². The van der Waals surface area contributed by atoms with Gasteiger partial charge in [-0.25, -0.2) is 4.39 Å². The van der Waals surface area contributed by atoms with Crippen LogP contribution in [0.25, 0.3) is 10.9 Å². The molecule has 2 aliphatic rings. The summed E-state index contributed by atoms with van der Waals surface area (Å²) in [4.78, 5) is 18.2. The molecule has 2 aliphatic heterocycles. The average Bonchev–Trinajstić information content (AvgIpc) is 3.00. The molecule has 1 unspecified atom stereocenters. The molecular weight excluding hydrogens is 331 g/mol. The molecule has 3 aromatic rings. The van der Waals surface area contributed by atoms with Gasteiger partial charge in [0.25, 0.3) is 0 Å². The average molecular weight is 350 g/mol. The van der Waals surface area contributed by atoms with Crippen molar-refractivity contribution in [3.63, 3.8) is 0 Å². The number of nitrogens with one attached hydrogen (secondary N) is 1. The molecule has 5 rings (SSSR count). The van der Waals surface area contributed by atoms with Crippen molar-refractivity contribution in [1.29, 1.82) is 0 Å². The number of halogens is 1. The highest BCUT2D eigenvalue weighted by atomic mass is 19.1. The van der Waals surface area contributed by atoms with E-state index in [4.69, 9.17) is 4.74 Å². The fourth-order valence-corrected chi connectivity index (χ4v) is 4.69. The number of nitrogens with zero attached hydrogens (tertiary/aromatic N) is 1. The van der Waals surface area contributed by atoms with Crippen LogP contribution in [0.3, 0.4) is 0 Å². The van der Waals surface area contributed by atoms with E-state index >= 15 is 0 Å². The van der Waals surface area contributed by atoms with E-state index < -0.39 is 5.54 Å². The molecule has 2 aromatic carbocycles. The highest BCUT2D eigenvalue weighted by molar-refractivity contribution is 5.89. The molecule has 5 heteroatoms. The third-order valence-corrected chi connectivity index (χ3v) is 5.96. The molecule has 0 fully saturated rings. The van der Waals surface area contributed by atoms with Gasteiger partial charge in [-0.2, -0.15) is 0 Å². The van der Waals surface area contributed by atoms with Crippen molar-refractivity contribution in [2.24, 2.45) is 0 Å². The number of benzene rings is 2. The zero-order valence-corrected chi connectivity index (χ0v) is 14.7. The third kappa shape index (κ3) is 1.86. The highest BCUT2D eigenvalue weighted by Gasteiger charge is 2.48. The van der Waals surface area contributed by atoms with Gasteiger partial charge in [-0.1, -0.05) is 6.07 Å². The lowest BCUT2D eigenvalue weighted by Crippen LogP contribution is -2.56. The largest absolute Gasteiger partial charge is 0.497 e. The minimum Gasteiger partial charge on any atom is -0.497 e. The molecule has 1 atom stereocenters. The number of H-pyrrole nitrogens is 1. The standard InChI is InChI=1S/C21H19FN2O2/c1-21-17-11-14(26-2)5-3-12(17)9-19(25)24(21)8-7-16-15-6-4-13(22)10-18(15)23-20(16)21/h3-6,10-11,23H,7-9H2,1-2H3. The van der Waals surface area contributed by atoms with E-state index in [2.05, 4.69) is 11.9 Å². The number of ether oxygens (including phenoxy) is 1. The van der Waals surface area contributed by atoms with Gasteiger partial charge in [-0.15, -0.1) is 0 Å². The predicted octanol–water partition coefficient (Wildman–Crippen LogP) is 3.52. The molecule has 0 radical (unpaired) electrons. The monoisotopic (exact) mass is 350 g/mol. The van der Waals surface area contributed by atoms with Gasteiger partial charge in [0, 0.05) is 23.1 Å². The van der Waals surface area contributed by atoms with Crippen LogP contribution in [0.2, 0.25) is 0 Å². The summed E-state index contributed by atoms with van der Waals surface area (Å²) < 4.78 is 19.2. The fraction of sp³-hybridized carbons (Fsp3) is 0.286. The van der Waals surface area contributed by atoms with Crippen LogP contribution < -0.4 is 4.74 Å². The molecule has 0 aliphatic carbocycles. The van der Waals surface area contributed by atoms with E-state index in [0.29, 0.717) is 13.0 Å². The molecule has 0 bridgehead atoms. The molecule has 1 aromatic heterocycles. The van der Waals surface area contributed by atoms with Gasteiger partial charge in [-0.3, -0.25) is 4.79 Å². The number of aromatic nitrogens is 1. The Hall–Kier alpha value is -2.82. The maximum absolute atomic E-state index is 13.7. The van der Waals surface area contributed by atoms with Crippen molar-refractivity contribution in [2.75, 3.05) is 13.7 Å². The molecule has 132 valence electrons. The minimum atomic E-state index is -0.609. The van der Waals surface area contributed by atoms with Crippen molar-refractivity contribution in [3.05, 3.63) is 64.6 Å². The Labute approximate surface area is 150 Å². The Morgan fingerprint density at radius 1 is 1.23 bits per heavy atom. The second kappa shape index (κ2) is 5.10. The maximum Gasteiger partial charge on any atom is 0.228 e. The number of amides is 1. The summed E-state index contributed by atoms with van der Waals surface area (Å²) in [5, 5.41) is 1.03. The summed E-state index contributed by atoms with van der Waals surface area (Å²) in [5.41, 5.74) is 4.41. The van der Waals surface area contributed by atoms with E-state index in [-0.39, 0.29) is 11.7 Å². The second-order valence-corrected chi connectivity index (χ2v) is 7.24. The number of hydrogen-bond acceptors (Lipinski definition) is 2. The van der Waals surface area contributed by atoms with Crippen LogP contribution >= 0.6 is 0 Å². The number of carbonyl (C=O) groups is 1. The molecule has 3 heterocycles. The lowest BCUT2D eigenvalue weighted by molar-refractivity contribution is -0.137. The second-order valence-electron chi connectivity index (χ2n) is 7.24. The molecule has 0 spiro atoms. The van der Waals surface area contributed by atoms with Gasteiger partial charge in [0.15, 0.2) is 0 Å². The van der Waals surface area contributed by atoms with Crippen LogP contribution in [-0.4, -0.2) is 29.4 Å². The van der Waals surface area contributed by atoms with E-state index in [1.165, 1.54) is 17.7 Å². The van der Waals surface area contributed by atoms with Crippen LogP contribution in [0.4, 0.5) is 4.39 Å². The van der Waals surface area contributed by atoms with Gasteiger partial charge in [0.1, 0.15) is 17.1 Å². The quantitative estimate of drug-likeness (QED) is 0.730.